The molecule has 0 atom stereocenters. The first-order chi connectivity index (χ1) is 13.7. The highest BCUT2D eigenvalue weighted by atomic mass is 35.5. The fraction of sp³-hybridized carbons (Fsp3) is 0.304. The van der Waals surface area contributed by atoms with Crippen LogP contribution >= 0.6 is 11.6 Å². The van der Waals surface area contributed by atoms with Crippen LogP contribution in [0.25, 0.3) is 6.08 Å². The molecule has 0 amide bonds. The van der Waals surface area contributed by atoms with Gasteiger partial charge >= 0.3 is 0 Å². The van der Waals surface area contributed by atoms with Crippen molar-refractivity contribution in [3.05, 3.63) is 65.2 Å². The number of amidine groups is 1. The van der Waals surface area contributed by atoms with E-state index in [2.05, 4.69) is 53.1 Å². The highest BCUT2D eigenvalue weighted by molar-refractivity contribution is 6.31. The first-order valence-corrected chi connectivity index (χ1v) is 10.2. The van der Waals surface area contributed by atoms with Gasteiger partial charge in [0.25, 0.3) is 0 Å². The quantitative estimate of drug-likeness (QED) is 0.719. The van der Waals surface area contributed by atoms with Gasteiger partial charge in [-0.3, -0.25) is 9.89 Å². The lowest BCUT2D eigenvalue weighted by molar-refractivity contribution is 0.197. The van der Waals surface area contributed by atoms with Crippen LogP contribution in [0.15, 0.2) is 64.6 Å². The zero-order valence-corrected chi connectivity index (χ0v) is 16.9. The second kappa shape index (κ2) is 8.72. The lowest BCUT2D eigenvalue weighted by Crippen LogP contribution is -2.48. The normalized spacial score (nSPS) is 17.9. The van der Waals surface area contributed by atoms with Crippen LogP contribution in [0.1, 0.15) is 18.9 Å². The summed E-state index contributed by atoms with van der Waals surface area (Å²) in [5.41, 5.74) is 4.11. The number of rotatable bonds is 3. The standard InChI is InChI=1S/C23H25ClN4/c1-18-16-23(26-22-17-20(24)9-10-21(22)25-18)28-14-12-27(13-15-28)11-5-8-19-6-3-2-4-7-19/h2-10,17H,11-16H2,1H3/b8-5+. The van der Waals surface area contributed by atoms with Crippen LogP contribution in [0.2, 0.25) is 5.02 Å². The molecule has 2 aromatic carbocycles. The molecule has 2 aliphatic rings. The van der Waals surface area contributed by atoms with Crippen molar-refractivity contribution in [2.75, 3.05) is 32.7 Å². The molecular weight excluding hydrogens is 368 g/mol. The summed E-state index contributed by atoms with van der Waals surface area (Å²) in [6.07, 6.45) is 5.24. The van der Waals surface area contributed by atoms with Crippen molar-refractivity contribution in [3.63, 3.8) is 0 Å². The maximum Gasteiger partial charge on any atom is 0.111 e. The van der Waals surface area contributed by atoms with Crippen LogP contribution in [-0.4, -0.2) is 54.1 Å². The maximum atomic E-state index is 6.17. The summed E-state index contributed by atoms with van der Waals surface area (Å²) in [5.74, 6) is 1.10. The van der Waals surface area contributed by atoms with Gasteiger partial charge in [-0.25, -0.2) is 4.99 Å². The van der Waals surface area contributed by atoms with Crippen LogP contribution in [0, 0.1) is 0 Å². The van der Waals surface area contributed by atoms with Gasteiger partial charge in [-0.15, -0.1) is 0 Å². The predicted octanol–water partition coefficient (Wildman–Crippen LogP) is 5.20. The second-order valence-electron chi connectivity index (χ2n) is 7.29. The average molecular weight is 393 g/mol. The third kappa shape index (κ3) is 4.70. The van der Waals surface area contributed by atoms with Gasteiger partial charge < -0.3 is 4.90 Å². The zero-order chi connectivity index (χ0) is 19.3. The molecule has 2 aromatic rings. The molecule has 0 unspecified atom stereocenters. The number of fused-ring (bicyclic) bond motifs is 1. The van der Waals surface area contributed by atoms with Crippen molar-refractivity contribution in [2.45, 2.75) is 13.3 Å². The Balaban J connectivity index is 1.38. The molecule has 0 saturated carbocycles. The smallest absolute Gasteiger partial charge is 0.111 e. The lowest BCUT2D eigenvalue weighted by Gasteiger charge is -2.36. The van der Waals surface area contributed by atoms with E-state index in [9.17, 15) is 0 Å². The Hall–Kier alpha value is -2.43. The van der Waals surface area contributed by atoms with E-state index in [1.54, 1.807) is 0 Å². The number of benzene rings is 2. The monoisotopic (exact) mass is 392 g/mol. The van der Waals surface area contributed by atoms with Crippen molar-refractivity contribution < 1.29 is 0 Å². The van der Waals surface area contributed by atoms with Crippen molar-refractivity contribution in [3.8, 4) is 0 Å². The summed E-state index contributed by atoms with van der Waals surface area (Å²) < 4.78 is 0. The Morgan fingerprint density at radius 3 is 2.54 bits per heavy atom. The minimum absolute atomic E-state index is 0.701. The molecule has 144 valence electrons. The summed E-state index contributed by atoms with van der Waals surface area (Å²) in [6.45, 7) is 7.11. The number of piperazine rings is 1. The van der Waals surface area contributed by atoms with E-state index in [1.165, 1.54) is 5.56 Å². The molecule has 0 aliphatic carbocycles. The maximum absolute atomic E-state index is 6.17. The molecule has 1 saturated heterocycles. The van der Waals surface area contributed by atoms with Crippen molar-refractivity contribution in [2.24, 2.45) is 9.98 Å². The van der Waals surface area contributed by atoms with Gasteiger partial charge in [0.05, 0.1) is 11.4 Å². The minimum atomic E-state index is 0.701. The van der Waals surface area contributed by atoms with Gasteiger partial charge in [0.15, 0.2) is 0 Å². The Bertz CT molecular complexity index is 909. The highest BCUT2D eigenvalue weighted by Crippen LogP contribution is 2.33. The molecule has 0 N–H and O–H groups in total. The van der Waals surface area contributed by atoms with Gasteiger partial charge in [-0.05, 0) is 30.7 Å². The Morgan fingerprint density at radius 1 is 0.964 bits per heavy atom. The molecule has 4 rings (SSSR count). The van der Waals surface area contributed by atoms with Crippen LogP contribution in [-0.2, 0) is 0 Å². The van der Waals surface area contributed by atoms with Crippen LogP contribution in [0.5, 0.6) is 0 Å². The van der Waals surface area contributed by atoms with Gasteiger partial charge in [0.2, 0.25) is 0 Å². The predicted molar refractivity (Wildman–Crippen MR) is 119 cm³/mol. The van der Waals surface area contributed by atoms with Crippen LogP contribution < -0.4 is 0 Å². The van der Waals surface area contributed by atoms with E-state index in [0.29, 0.717) is 5.02 Å². The first-order valence-electron chi connectivity index (χ1n) is 9.77. The number of hydrogen-bond acceptors (Lipinski definition) is 4. The Kier molecular flexibility index (Phi) is 5.89. The lowest BCUT2D eigenvalue weighted by atomic mass is 10.2. The van der Waals surface area contributed by atoms with Crippen molar-refractivity contribution in [1.29, 1.82) is 0 Å². The molecule has 2 heterocycles. The summed E-state index contributed by atoms with van der Waals surface area (Å²) in [7, 11) is 0. The molecule has 0 aromatic heterocycles. The molecule has 28 heavy (non-hydrogen) atoms. The van der Waals surface area contributed by atoms with Gasteiger partial charge in [-0.1, -0.05) is 54.1 Å². The topological polar surface area (TPSA) is 31.2 Å². The average Bonchev–Trinajstić information content (AvgIpc) is 2.87. The highest BCUT2D eigenvalue weighted by Gasteiger charge is 2.21. The molecule has 5 heteroatoms. The van der Waals surface area contributed by atoms with Crippen LogP contribution in [0.4, 0.5) is 11.4 Å². The molecule has 2 aliphatic heterocycles. The number of halogens is 1. The first kappa shape index (κ1) is 18.9. The minimum Gasteiger partial charge on any atom is -0.357 e. The molecule has 1 fully saturated rings. The summed E-state index contributed by atoms with van der Waals surface area (Å²) in [4.78, 5) is 14.5. The number of nitrogens with zero attached hydrogens (tertiary/aromatic N) is 4. The van der Waals surface area contributed by atoms with E-state index < -0.39 is 0 Å². The number of hydrogen-bond donors (Lipinski definition) is 0. The summed E-state index contributed by atoms with van der Waals surface area (Å²) in [5, 5.41) is 0.701. The van der Waals surface area contributed by atoms with Crippen molar-refractivity contribution >= 4 is 40.6 Å². The van der Waals surface area contributed by atoms with Gasteiger partial charge in [-0.2, -0.15) is 0 Å². The molecule has 0 radical (unpaired) electrons. The summed E-state index contributed by atoms with van der Waals surface area (Å²) in [6, 6.07) is 16.2. The van der Waals surface area contributed by atoms with Crippen LogP contribution in [0.3, 0.4) is 0 Å². The third-order valence-electron chi connectivity index (χ3n) is 5.12. The largest absolute Gasteiger partial charge is 0.357 e. The molecule has 0 spiro atoms. The zero-order valence-electron chi connectivity index (χ0n) is 16.2. The second-order valence-corrected chi connectivity index (χ2v) is 7.72. The van der Waals surface area contributed by atoms with E-state index in [1.807, 2.05) is 24.3 Å². The molecule has 4 nitrogen and oxygen atoms in total. The van der Waals surface area contributed by atoms with E-state index >= 15 is 0 Å². The fourth-order valence-corrected chi connectivity index (χ4v) is 3.77. The van der Waals surface area contributed by atoms with Crippen molar-refractivity contribution in [1.82, 2.24) is 9.80 Å². The van der Waals surface area contributed by atoms with E-state index in [4.69, 9.17) is 21.6 Å². The fourth-order valence-electron chi connectivity index (χ4n) is 3.61. The van der Waals surface area contributed by atoms with Gasteiger partial charge in [0.1, 0.15) is 5.84 Å². The van der Waals surface area contributed by atoms with E-state index in [0.717, 1.165) is 62.1 Å². The number of aliphatic imine (C=N–C) groups is 2. The third-order valence-corrected chi connectivity index (χ3v) is 5.36. The SMILES string of the molecule is CC1=Nc2ccc(Cl)cc2N=C(N2CCN(C/C=C/c3ccccc3)CC2)C1. The summed E-state index contributed by atoms with van der Waals surface area (Å²) >= 11 is 6.17. The molecular formula is C23H25ClN4. The Morgan fingerprint density at radius 2 is 1.75 bits per heavy atom. The molecule has 0 bridgehead atoms. The Labute approximate surface area is 171 Å². The van der Waals surface area contributed by atoms with E-state index in [-0.39, 0.29) is 0 Å². The van der Waals surface area contributed by atoms with Gasteiger partial charge in [0, 0.05) is 49.9 Å².